The zero-order chi connectivity index (χ0) is 11.5. The van der Waals surface area contributed by atoms with Crippen molar-refractivity contribution in [2.24, 2.45) is 5.92 Å². The van der Waals surface area contributed by atoms with Gasteiger partial charge in [-0.15, -0.1) is 5.10 Å². The first-order valence-electron chi connectivity index (χ1n) is 5.19. The van der Waals surface area contributed by atoms with Crippen molar-refractivity contribution in [1.29, 1.82) is 0 Å². The van der Waals surface area contributed by atoms with Crippen LogP contribution in [0.15, 0.2) is 24.4 Å². The molecule has 5 heteroatoms. The summed E-state index contributed by atoms with van der Waals surface area (Å²) in [5.74, 6) is 1.20. The average molecular weight is 237 g/mol. The van der Waals surface area contributed by atoms with Crippen LogP contribution in [0, 0.1) is 5.92 Å². The Morgan fingerprint density at radius 2 is 2.25 bits per heavy atom. The van der Waals surface area contributed by atoms with Crippen LogP contribution in [-0.4, -0.2) is 20.0 Å². The molecular formula is C11H13ClN4. The van der Waals surface area contributed by atoms with E-state index in [0.717, 1.165) is 12.1 Å². The lowest BCUT2D eigenvalue weighted by Gasteiger charge is -2.00. The molecule has 0 aliphatic heterocycles. The summed E-state index contributed by atoms with van der Waals surface area (Å²) in [6, 6.07) is 5.50. The van der Waals surface area contributed by atoms with Crippen LogP contribution >= 0.6 is 11.6 Å². The first-order valence-corrected chi connectivity index (χ1v) is 5.57. The Morgan fingerprint density at radius 3 is 2.88 bits per heavy atom. The molecule has 0 aliphatic carbocycles. The lowest BCUT2D eigenvalue weighted by Crippen LogP contribution is -2.02. The molecule has 0 fully saturated rings. The fourth-order valence-electron chi connectivity index (χ4n) is 1.49. The maximum atomic E-state index is 6.10. The van der Waals surface area contributed by atoms with E-state index < -0.39 is 0 Å². The van der Waals surface area contributed by atoms with E-state index >= 15 is 0 Å². The van der Waals surface area contributed by atoms with Crippen molar-refractivity contribution in [3.8, 4) is 5.82 Å². The largest absolute Gasteiger partial charge is 0.202 e. The van der Waals surface area contributed by atoms with Crippen molar-refractivity contribution in [3.05, 3.63) is 35.2 Å². The van der Waals surface area contributed by atoms with Gasteiger partial charge >= 0.3 is 0 Å². The second kappa shape index (κ2) is 4.61. The van der Waals surface area contributed by atoms with E-state index in [1.165, 1.54) is 0 Å². The maximum absolute atomic E-state index is 6.10. The average Bonchev–Trinajstić information content (AvgIpc) is 2.60. The Morgan fingerprint density at radius 1 is 1.44 bits per heavy atom. The topological polar surface area (TPSA) is 43.6 Å². The van der Waals surface area contributed by atoms with Gasteiger partial charge < -0.3 is 0 Å². The fourth-order valence-corrected chi connectivity index (χ4v) is 1.74. The van der Waals surface area contributed by atoms with Gasteiger partial charge in [0.15, 0.2) is 5.82 Å². The lowest BCUT2D eigenvalue weighted by molar-refractivity contribution is 0.626. The number of halogens is 1. The summed E-state index contributed by atoms with van der Waals surface area (Å²) in [5.41, 5.74) is 0.977. The van der Waals surface area contributed by atoms with Crippen molar-refractivity contribution in [2.75, 3.05) is 0 Å². The van der Waals surface area contributed by atoms with E-state index in [1.807, 2.05) is 18.2 Å². The van der Waals surface area contributed by atoms with Gasteiger partial charge in [0, 0.05) is 6.20 Å². The molecule has 0 radical (unpaired) electrons. The molecule has 0 amide bonds. The van der Waals surface area contributed by atoms with Crippen molar-refractivity contribution in [1.82, 2.24) is 20.0 Å². The van der Waals surface area contributed by atoms with Gasteiger partial charge in [-0.2, -0.15) is 10.2 Å². The molecule has 2 rings (SSSR count). The molecule has 4 nitrogen and oxygen atoms in total. The number of hydrogen-bond acceptors (Lipinski definition) is 3. The summed E-state index contributed by atoms with van der Waals surface area (Å²) in [5, 5.41) is 12.7. The molecule has 0 saturated carbocycles. The summed E-state index contributed by atoms with van der Waals surface area (Å²) in [6.07, 6.45) is 2.53. The summed E-state index contributed by atoms with van der Waals surface area (Å²) in [6.45, 7) is 4.30. The minimum atomic E-state index is 0.557. The van der Waals surface area contributed by atoms with Gasteiger partial charge in [-0.05, 0) is 30.5 Å². The van der Waals surface area contributed by atoms with Crippen molar-refractivity contribution in [2.45, 2.75) is 20.3 Å². The Labute approximate surface area is 99.3 Å². The van der Waals surface area contributed by atoms with Crippen LogP contribution in [0.4, 0.5) is 0 Å². The quantitative estimate of drug-likeness (QED) is 0.823. The van der Waals surface area contributed by atoms with Gasteiger partial charge in [0.25, 0.3) is 0 Å². The zero-order valence-electron chi connectivity index (χ0n) is 9.26. The zero-order valence-corrected chi connectivity index (χ0v) is 10.0. The van der Waals surface area contributed by atoms with E-state index in [4.69, 9.17) is 11.6 Å². The maximum Gasteiger partial charge on any atom is 0.177 e. The van der Waals surface area contributed by atoms with Crippen LogP contribution in [-0.2, 0) is 6.42 Å². The van der Waals surface area contributed by atoms with Crippen LogP contribution in [0.1, 0.15) is 19.5 Å². The molecule has 0 unspecified atom stereocenters. The minimum Gasteiger partial charge on any atom is -0.202 e. The second-order valence-electron chi connectivity index (χ2n) is 4.05. The predicted octanol–water partition coefficient (Wildman–Crippen LogP) is 2.51. The molecule has 0 saturated heterocycles. The molecule has 2 aromatic heterocycles. The number of aromatic nitrogens is 4. The third-order valence-electron chi connectivity index (χ3n) is 2.11. The van der Waals surface area contributed by atoms with Gasteiger partial charge in [0.1, 0.15) is 5.15 Å². The van der Waals surface area contributed by atoms with Gasteiger partial charge in [-0.25, -0.2) is 4.68 Å². The van der Waals surface area contributed by atoms with Crippen LogP contribution in [0.2, 0.25) is 5.15 Å². The van der Waals surface area contributed by atoms with E-state index in [2.05, 4.69) is 29.1 Å². The van der Waals surface area contributed by atoms with E-state index in [1.54, 1.807) is 10.9 Å². The van der Waals surface area contributed by atoms with E-state index in [0.29, 0.717) is 16.9 Å². The van der Waals surface area contributed by atoms with E-state index in [9.17, 15) is 0 Å². The number of rotatable bonds is 3. The molecule has 2 aromatic rings. The van der Waals surface area contributed by atoms with Crippen LogP contribution in [0.25, 0.3) is 5.82 Å². The van der Waals surface area contributed by atoms with Crippen LogP contribution < -0.4 is 0 Å². The predicted molar refractivity (Wildman–Crippen MR) is 62.7 cm³/mol. The standard InChI is InChI=1S/C11H13ClN4/c1-8(2)6-9-7-10(12)16(15-9)11-4-3-5-13-14-11/h3-5,7-8H,6H2,1-2H3. The first kappa shape index (κ1) is 11.1. The highest BCUT2D eigenvalue weighted by molar-refractivity contribution is 6.29. The van der Waals surface area contributed by atoms with Gasteiger partial charge in [-0.3, -0.25) is 0 Å². The molecule has 0 aliphatic rings. The summed E-state index contributed by atoms with van der Waals surface area (Å²) in [4.78, 5) is 0. The molecule has 0 bridgehead atoms. The Kier molecular flexibility index (Phi) is 3.19. The first-order chi connectivity index (χ1) is 7.66. The third-order valence-corrected chi connectivity index (χ3v) is 2.38. The number of nitrogens with zero attached hydrogens (tertiary/aromatic N) is 4. The molecule has 16 heavy (non-hydrogen) atoms. The molecule has 84 valence electrons. The smallest absolute Gasteiger partial charge is 0.177 e. The summed E-state index contributed by atoms with van der Waals surface area (Å²) < 4.78 is 1.60. The Bertz CT molecular complexity index is 464. The molecule has 0 atom stereocenters. The van der Waals surface area contributed by atoms with Crippen LogP contribution in [0.3, 0.4) is 0 Å². The normalized spacial score (nSPS) is 11.0. The highest BCUT2D eigenvalue weighted by atomic mass is 35.5. The van der Waals surface area contributed by atoms with Crippen molar-refractivity contribution in [3.63, 3.8) is 0 Å². The van der Waals surface area contributed by atoms with Gasteiger partial charge in [0.05, 0.1) is 5.69 Å². The van der Waals surface area contributed by atoms with Gasteiger partial charge in [-0.1, -0.05) is 25.4 Å². The summed E-state index contributed by atoms with van der Waals surface area (Å²) >= 11 is 6.10. The monoisotopic (exact) mass is 236 g/mol. The van der Waals surface area contributed by atoms with E-state index in [-0.39, 0.29) is 0 Å². The summed E-state index contributed by atoms with van der Waals surface area (Å²) in [7, 11) is 0. The van der Waals surface area contributed by atoms with Gasteiger partial charge in [0.2, 0.25) is 0 Å². The number of hydrogen-bond donors (Lipinski definition) is 0. The highest BCUT2D eigenvalue weighted by Gasteiger charge is 2.09. The minimum absolute atomic E-state index is 0.557. The van der Waals surface area contributed by atoms with Crippen molar-refractivity contribution < 1.29 is 0 Å². The molecule has 0 aromatic carbocycles. The third kappa shape index (κ3) is 2.39. The Hall–Kier alpha value is -1.42. The molecule has 0 N–H and O–H groups in total. The second-order valence-corrected chi connectivity index (χ2v) is 4.44. The SMILES string of the molecule is CC(C)Cc1cc(Cl)n(-c2cccnn2)n1. The Balaban J connectivity index is 2.32. The fraction of sp³-hybridized carbons (Fsp3) is 0.364. The molecular weight excluding hydrogens is 224 g/mol. The molecule has 2 heterocycles. The van der Waals surface area contributed by atoms with Crippen LogP contribution in [0.5, 0.6) is 0 Å². The highest BCUT2D eigenvalue weighted by Crippen LogP contribution is 2.17. The molecule has 0 spiro atoms. The lowest BCUT2D eigenvalue weighted by atomic mass is 10.1. The van der Waals surface area contributed by atoms with Crippen molar-refractivity contribution >= 4 is 11.6 Å².